The number of pyridine rings is 1. The minimum Gasteiger partial charge on any atom is -0.674 e. The Balaban J connectivity index is 0.000000207. The van der Waals surface area contributed by atoms with Gasteiger partial charge in [0.25, 0.3) is 5.91 Å². The smallest absolute Gasteiger partial charge is 0.298 e. The zero-order valence-corrected chi connectivity index (χ0v) is 19.4. The van der Waals surface area contributed by atoms with E-state index in [0.717, 1.165) is 28.6 Å². The number of amides is 1. The molecule has 1 saturated heterocycles. The second kappa shape index (κ2) is 11.4. The Labute approximate surface area is 200 Å². The molecule has 1 aliphatic heterocycles. The number of fused-ring (bicyclic) bond motifs is 1. The molecule has 1 aliphatic rings. The molecule has 29 heavy (non-hydrogen) atoms. The minimum atomic E-state index is -0.168. The molecule has 3 aromatic rings. The molecule has 0 saturated carbocycles. The molecule has 8 heteroatoms. The van der Waals surface area contributed by atoms with E-state index in [1.165, 1.54) is 0 Å². The second-order valence-electron chi connectivity index (χ2n) is 6.36. The SMILES string of the molecule is [NH-]C1CCN(C(=O)C#Cc2ccccc2)C1.[NH-]Cc1ccnc2[nH]cc(Cl)c12.[Y]. The quantitative estimate of drug-likeness (QED) is 0.518. The van der Waals surface area contributed by atoms with Crippen molar-refractivity contribution in [2.24, 2.45) is 0 Å². The van der Waals surface area contributed by atoms with Gasteiger partial charge in [0.05, 0.1) is 5.02 Å². The number of nitrogens with zero attached hydrogens (tertiary/aromatic N) is 2. The van der Waals surface area contributed by atoms with Crippen molar-refractivity contribution in [1.82, 2.24) is 14.9 Å². The topological polar surface area (TPSA) is 96.6 Å². The Bertz CT molecular complexity index is 1010. The van der Waals surface area contributed by atoms with Crippen LogP contribution < -0.4 is 0 Å². The second-order valence-corrected chi connectivity index (χ2v) is 6.77. The van der Waals surface area contributed by atoms with E-state index >= 15 is 0 Å². The summed E-state index contributed by atoms with van der Waals surface area (Å²) in [6, 6.07) is 11.1. The number of aromatic nitrogens is 2. The van der Waals surface area contributed by atoms with Gasteiger partial charge in [0.15, 0.2) is 0 Å². The molecule has 1 aromatic carbocycles. The van der Waals surface area contributed by atoms with Gasteiger partial charge in [-0.15, -0.1) is 12.6 Å². The van der Waals surface area contributed by atoms with Crippen LogP contribution in [0.2, 0.25) is 5.02 Å². The number of aromatic amines is 1. The van der Waals surface area contributed by atoms with E-state index in [4.69, 9.17) is 23.1 Å². The van der Waals surface area contributed by atoms with Crippen LogP contribution in [0.1, 0.15) is 17.5 Å². The first kappa shape index (κ1) is 23.5. The summed E-state index contributed by atoms with van der Waals surface area (Å²) in [6.07, 6.45) is 4.14. The number of hydrogen-bond donors (Lipinski definition) is 1. The van der Waals surface area contributed by atoms with Gasteiger partial charge in [0, 0.05) is 75.1 Å². The van der Waals surface area contributed by atoms with E-state index in [1.807, 2.05) is 36.4 Å². The standard InChI is InChI=1S/C13H13N2O.C8H7ClN3.Y/c14-12-8-9-15(10-12)13(16)7-6-11-4-2-1-3-5-11;9-6-4-12-8-7(6)5(3-10)1-2-11-8;/h1-5,12,14H,8-10H2;1-2,4,10H,3H2,(H,11,12);/q2*-1;. The Morgan fingerprint density at radius 2 is 2.07 bits per heavy atom. The maximum absolute atomic E-state index is 11.6. The number of rotatable bonds is 1. The summed E-state index contributed by atoms with van der Waals surface area (Å²) in [5.74, 6) is 5.28. The summed E-state index contributed by atoms with van der Waals surface area (Å²) in [5, 5.41) is 1.51. The summed E-state index contributed by atoms with van der Waals surface area (Å²) >= 11 is 5.90. The molecule has 2 aromatic heterocycles. The Morgan fingerprint density at radius 1 is 1.31 bits per heavy atom. The van der Waals surface area contributed by atoms with Crippen molar-refractivity contribution in [3.05, 3.63) is 76.4 Å². The summed E-state index contributed by atoms with van der Waals surface area (Å²) in [6.45, 7) is 1.41. The van der Waals surface area contributed by atoms with Gasteiger partial charge in [0.2, 0.25) is 0 Å². The van der Waals surface area contributed by atoms with Crippen LogP contribution in [0.5, 0.6) is 0 Å². The number of likely N-dealkylation sites (tertiary alicyclic amines) is 1. The summed E-state index contributed by atoms with van der Waals surface area (Å²) in [4.78, 5) is 20.3. The molecule has 1 unspecified atom stereocenters. The van der Waals surface area contributed by atoms with Crippen LogP contribution in [0.25, 0.3) is 22.5 Å². The first-order chi connectivity index (χ1) is 13.6. The Kier molecular flexibility index (Phi) is 9.28. The van der Waals surface area contributed by atoms with Crippen LogP contribution in [0, 0.1) is 11.8 Å². The number of carbonyl (C=O) groups is 1. The molecule has 1 fully saturated rings. The molecule has 1 radical (unpaired) electrons. The molecule has 6 nitrogen and oxygen atoms in total. The number of hydrogen-bond acceptors (Lipinski definition) is 2. The summed E-state index contributed by atoms with van der Waals surface area (Å²) in [5.41, 5.74) is 17.3. The van der Waals surface area contributed by atoms with Crippen molar-refractivity contribution < 1.29 is 37.5 Å². The molecular formula is C21H20ClN5OY-2. The molecule has 4 rings (SSSR count). The van der Waals surface area contributed by atoms with Crippen LogP contribution in [0.15, 0.2) is 48.8 Å². The summed E-state index contributed by atoms with van der Waals surface area (Å²) < 4.78 is 0. The minimum absolute atomic E-state index is 0. The average molecular weight is 483 g/mol. The molecule has 0 spiro atoms. The number of halogens is 1. The zero-order valence-electron chi connectivity index (χ0n) is 15.8. The predicted octanol–water partition coefficient (Wildman–Crippen LogP) is 4.46. The third kappa shape index (κ3) is 6.37. The van der Waals surface area contributed by atoms with Crippen LogP contribution in [-0.2, 0) is 44.0 Å². The first-order valence-electron chi connectivity index (χ1n) is 8.90. The van der Waals surface area contributed by atoms with Crippen molar-refractivity contribution in [3.63, 3.8) is 0 Å². The Hall–Kier alpha value is -1.75. The van der Waals surface area contributed by atoms with Crippen LogP contribution in [0.4, 0.5) is 0 Å². The molecular weight excluding hydrogens is 463 g/mol. The number of H-pyrrole nitrogens is 1. The van der Waals surface area contributed by atoms with Gasteiger partial charge in [-0.05, 0) is 18.2 Å². The predicted molar refractivity (Wildman–Crippen MR) is 112 cm³/mol. The Morgan fingerprint density at radius 3 is 2.72 bits per heavy atom. The van der Waals surface area contributed by atoms with E-state index in [2.05, 4.69) is 21.8 Å². The largest absolute Gasteiger partial charge is 0.674 e. The van der Waals surface area contributed by atoms with E-state index in [0.29, 0.717) is 18.1 Å². The van der Waals surface area contributed by atoms with Gasteiger partial charge in [0.1, 0.15) is 5.65 Å². The third-order valence-electron chi connectivity index (χ3n) is 4.37. The number of benzene rings is 1. The fourth-order valence-electron chi connectivity index (χ4n) is 2.90. The third-order valence-corrected chi connectivity index (χ3v) is 4.66. The average Bonchev–Trinajstić information content (AvgIpc) is 3.33. The van der Waals surface area contributed by atoms with Crippen molar-refractivity contribution in [1.29, 1.82) is 0 Å². The van der Waals surface area contributed by atoms with Gasteiger partial charge < -0.3 is 21.4 Å². The number of carbonyl (C=O) groups excluding carboxylic acids is 1. The van der Waals surface area contributed by atoms with E-state index in [9.17, 15) is 4.79 Å². The first-order valence-corrected chi connectivity index (χ1v) is 9.28. The van der Waals surface area contributed by atoms with Gasteiger partial charge >= 0.3 is 0 Å². The molecule has 1 atom stereocenters. The normalized spacial score (nSPS) is 15.0. The van der Waals surface area contributed by atoms with Crippen molar-refractivity contribution in [2.75, 3.05) is 13.1 Å². The van der Waals surface area contributed by atoms with Gasteiger partial charge in [-0.3, -0.25) is 4.79 Å². The fourth-order valence-corrected chi connectivity index (χ4v) is 3.17. The molecule has 0 bridgehead atoms. The van der Waals surface area contributed by atoms with Gasteiger partial charge in [-0.1, -0.05) is 47.7 Å². The number of nitrogens with one attached hydrogen (secondary N) is 3. The van der Waals surface area contributed by atoms with E-state index in [-0.39, 0.29) is 51.2 Å². The van der Waals surface area contributed by atoms with E-state index < -0.39 is 0 Å². The zero-order chi connectivity index (χ0) is 19.9. The molecule has 3 N–H and O–H groups in total. The molecule has 1 amide bonds. The van der Waals surface area contributed by atoms with Crippen LogP contribution in [-0.4, -0.2) is 39.9 Å². The molecule has 147 valence electrons. The van der Waals surface area contributed by atoms with Gasteiger partial charge in [-0.25, -0.2) is 4.98 Å². The fraction of sp³-hybridized carbons (Fsp3) is 0.238. The van der Waals surface area contributed by atoms with Crippen molar-refractivity contribution in [3.8, 4) is 11.8 Å². The van der Waals surface area contributed by atoms with Gasteiger partial charge in [-0.2, -0.15) is 0 Å². The molecule has 0 aliphatic carbocycles. The maximum Gasteiger partial charge on any atom is 0.298 e. The maximum atomic E-state index is 11.6. The van der Waals surface area contributed by atoms with Crippen LogP contribution in [0.3, 0.4) is 0 Å². The monoisotopic (exact) mass is 482 g/mol. The van der Waals surface area contributed by atoms with Crippen molar-refractivity contribution >= 4 is 28.5 Å². The van der Waals surface area contributed by atoms with E-state index in [1.54, 1.807) is 17.3 Å². The van der Waals surface area contributed by atoms with Crippen molar-refractivity contribution in [2.45, 2.75) is 19.0 Å². The molecule has 3 heterocycles. The summed E-state index contributed by atoms with van der Waals surface area (Å²) in [7, 11) is 0. The van der Waals surface area contributed by atoms with Crippen LogP contribution >= 0.6 is 11.6 Å².